The molecule has 3 aromatic rings. The third-order valence-corrected chi connectivity index (χ3v) is 5.12. The number of fused-ring (bicyclic) bond motifs is 1. The van der Waals surface area contributed by atoms with E-state index < -0.39 is 17.9 Å². The molecule has 0 saturated heterocycles. The molecule has 0 saturated carbocycles. The summed E-state index contributed by atoms with van der Waals surface area (Å²) in [6.07, 6.45) is 1.14. The maximum Gasteiger partial charge on any atom is 0.319 e. The van der Waals surface area contributed by atoms with Gasteiger partial charge in [-0.3, -0.25) is 4.79 Å². The van der Waals surface area contributed by atoms with Gasteiger partial charge in [0, 0.05) is 24.3 Å². The van der Waals surface area contributed by atoms with Crippen LogP contribution in [0.2, 0.25) is 0 Å². The molecule has 1 aliphatic heterocycles. The standard InChI is InChI=1S/C24H22FN3O2/c25-19-10-6-11-20(16-19)26-24(30)27-21(15-17-7-2-1-3-8-17)23(29)28-14-13-18-9-4-5-12-22(18)28/h1-12,16,21H,13-15H2,(H2,26,27,30)/t21-/m1/s1. The SMILES string of the molecule is O=C(Nc1cccc(F)c1)N[C@H](Cc1ccccc1)C(=O)N1CCc2ccccc21. The van der Waals surface area contributed by atoms with E-state index in [1.807, 2.05) is 54.6 Å². The maximum absolute atomic E-state index is 13.4. The van der Waals surface area contributed by atoms with Gasteiger partial charge in [0.15, 0.2) is 0 Å². The minimum atomic E-state index is -0.757. The van der Waals surface area contributed by atoms with Crippen molar-refractivity contribution in [2.24, 2.45) is 0 Å². The molecule has 0 radical (unpaired) electrons. The van der Waals surface area contributed by atoms with E-state index in [-0.39, 0.29) is 5.91 Å². The van der Waals surface area contributed by atoms with Crippen molar-refractivity contribution in [3.8, 4) is 0 Å². The van der Waals surface area contributed by atoms with Crippen LogP contribution in [-0.2, 0) is 17.6 Å². The highest BCUT2D eigenvalue weighted by Gasteiger charge is 2.31. The monoisotopic (exact) mass is 403 g/mol. The van der Waals surface area contributed by atoms with Crippen LogP contribution in [0.5, 0.6) is 0 Å². The largest absolute Gasteiger partial charge is 0.326 e. The molecule has 0 spiro atoms. The number of hydrogen-bond donors (Lipinski definition) is 2. The molecule has 4 rings (SSSR count). The second kappa shape index (κ2) is 8.78. The zero-order chi connectivity index (χ0) is 20.9. The lowest BCUT2D eigenvalue weighted by Crippen LogP contribution is -2.50. The molecule has 1 heterocycles. The van der Waals surface area contributed by atoms with E-state index in [9.17, 15) is 14.0 Å². The number of nitrogens with zero attached hydrogens (tertiary/aromatic N) is 1. The number of carbonyl (C=O) groups excluding carboxylic acids is 2. The maximum atomic E-state index is 13.4. The van der Waals surface area contributed by atoms with Gasteiger partial charge in [0.2, 0.25) is 5.91 Å². The molecular formula is C24H22FN3O2. The van der Waals surface area contributed by atoms with Crippen molar-refractivity contribution in [1.82, 2.24) is 5.32 Å². The van der Waals surface area contributed by atoms with E-state index in [0.29, 0.717) is 18.7 Å². The normalized spacial score (nSPS) is 13.4. The van der Waals surface area contributed by atoms with E-state index in [1.165, 1.54) is 18.2 Å². The molecule has 152 valence electrons. The zero-order valence-electron chi connectivity index (χ0n) is 16.3. The van der Waals surface area contributed by atoms with Gasteiger partial charge < -0.3 is 15.5 Å². The second-order valence-electron chi connectivity index (χ2n) is 7.22. The number of hydrogen-bond acceptors (Lipinski definition) is 2. The summed E-state index contributed by atoms with van der Waals surface area (Å²) in [5, 5.41) is 5.38. The van der Waals surface area contributed by atoms with Gasteiger partial charge in [0.05, 0.1) is 0 Å². The molecule has 3 amide bonds. The molecular weight excluding hydrogens is 381 g/mol. The predicted molar refractivity (Wildman–Crippen MR) is 115 cm³/mol. The number of para-hydroxylation sites is 1. The van der Waals surface area contributed by atoms with Gasteiger partial charge in [0.25, 0.3) is 0 Å². The minimum Gasteiger partial charge on any atom is -0.326 e. The van der Waals surface area contributed by atoms with E-state index in [1.54, 1.807) is 11.0 Å². The highest BCUT2D eigenvalue weighted by atomic mass is 19.1. The third-order valence-electron chi connectivity index (χ3n) is 5.12. The lowest BCUT2D eigenvalue weighted by molar-refractivity contribution is -0.120. The van der Waals surface area contributed by atoms with Crippen molar-refractivity contribution >= 4 is 23.3 Å². The van der Waals surface area contributed by atoms with Gasteiger partial charge in [-0.25, -0.2) is 9.18 Å². The van der Waals surface area contributed by atoms with E-state index in [2.05, 4.69) is 10.6 Å². The summed E-state index contributed by atoms with van der Waals surface area (Å²) in [5.41, 5.74) is 3.26. The summed E-state index contributed by atoms with van der Waals surface area (Å²) in [5.74, 6) is -0.614. The molecule has 1 atom stereocenters. The predicted octanol–water partition coefficient (Wildman–Crippen LogP) is 4.15. The minimum absolute atomic E-state index is 0.168. The first-order valence-electron chi connectivity index (χ1n) is 9.86. The molecule has 0 unspecified atom stereocenters. The molecule has 30 heavy (non-hydrogen) atoms. The number of halogens is 1. The Balaban J connectivity index is 1.53. The molecule has 3 aromatic carbocycles. The number of amides is 3. The highest BCUT2D eigenvalue weighted by molar-refractivity contribution is 6.02. The van der Waals surface area contributed by atoms with Gasteiger partial charge in [-0.2, -0.15) is 0 Å². The molecule has 0 fully saturated rings. The number of benzene rings is 3. The summed E-state index contributed by atoms with van der Waals surface area (Å²) in [7, 11) is 0. The molecule has 2 N–H and O–H groups in total. The van der Waals surface area contributed by atoms with Crippen LogP contribution in [0.15, 0.2) is 78.9 Å². The fourth-order valence-corrected chi connectivity index (χ4v) is 3.70. The molecule has 0 aliphatic carbocycles. The van der Waals surface area contributed by atoms with Crippen LogP contribution < -0.4 is 15.5 Å². The van der Waals surface area contributed by atoms with Crippen molar-refractivity contribution < 1.29 is 14.0 Å². The van der Waals surface area contributed by atoms with Crippen LogP contribution in [0.1, 0.15) is 11.1 Å². The molecule has 5 nitrogen and oxygen atoms in total. The van der Waals surface area contributed by atoms with Crippen molar-refractivity contribution in [3.63, 3.8) is 0 Å². The number of nitrogens with one attached hydrogen (secondary N) is 2. The topological polar surface area (TPSA) is 61.4 Å². The van der Waals surface area contributed by atoms with Gasteiger partial charge in [0.1, 0.15) is 11.9 Å². The summed E-state index contributed by atoms with van der Waals surface area (Å²) in [6, 6.07) is 21.7. The van der Waals surface area contributed by atoms with Crippen LogP contribution in [-0.4, -0.2) is 24.5 Å². The van der Waals surface area contributed by atoms with Crippen LogP contribution in [0.25, 0.3) is 0 Å². The van der Waals surface area contributed by atoms with Crippen LogP contribution >= 0.6 is 0 Å². The summed E-state index contributed by atoms with van der Waals surface area (Å²) < 4.78 is 13.4. The Morgan fingerprint density at radius 1 is 0.967 bits per heavy atom. The Hall–Kier alpha value is -3.67. The Kier molecular flexibility index (Phi) is 5.75. The van der Waals surface area contributed by atoms with Gasteiger partial charge in [-0.15, -0.1) is 0 Å². The number of urea groups is 1. The van der Waals surface area contributed by atoms with E-state index in [0.717, 1.165) is 23.2 Å². The van der Waals surface area contributed by atoms with Crippen molar-refractivity contribution in [1.29, 1.82) is 0 Å². The van der Waals surface area contributed by atoms with Crippen molar-refractivity contribution in [3.05, 3.63) is 95.8 Å². The summed E-state index contributed by atoms with van der Waals surface area (Å²) in [6.45, 7) is 0.580. The van der Waals surface area contributed by atoms with Crippen LogP contribution in [0.3, 0.4) is 0 Å². The molecule has 0 bridgehead atoms. The lowest BCUT2D eigenvalue weighted by atomic mass is 10.0. The molecule has 1 aliphatic rings. The third kappa shape index (κ3) is 4.49. The summed E-state index contributed by atoms with van der Waals surface area (Å²) in [4.78, 5) is 27.7. The zero-order valence-corrected chi connectivity index (χ0v) is 16.3. The van der Waals surface area contributed by atoms with E-state index in [4.69, 9.17) is 0 Å². The average molecular weight is 403 g/mol. The van der Waals surface area contributed by atoms with Crippen molar-refractivity contribution in [2.75, 3.05) is 16.8 Å². The smallest absolute Gasteiger partial charge is 0.319 e. The number of anilines is 2. The Morgan fingerprint density at radius 2 is 1.73 bits per heavy atom. The Morgan fingerprint density at radius 3 is 2.53 bits per heavy atom. The van der Waals surface area contributed by atoms with E-state index >= 15 is 0 Å². The van der Waals surface area contributed by atoms with Crippen LogP contribution in [0, 0.1) is 5.82 Å². The van der Waals surface area contributed by atoms with Crippen LogP contribution in [0.4, 0.5) is 20.6 Å². The fourth-order valence-electron chi connectivity index (χ4n) is 3.70. The fraction of sp³-hybridized carbons (Fsp3) is 0.167. The lowest BCUT2D eigenvalue weighted by Gasteiger charge is -2.25. The van der Waals surface area contributed by atoms with Gasteiger partial charge >= 0.3 is 6.03 Å². The molecule has 0 aromatic heterocycles. The number of carbonyl (C=O) groups is 2. The first kappa shape index (κ1) is 19.6. The van der Waals surface area contributed by atoms with Gasteiger partial charge in [-0.05, 0) is 41.8 Å². The first-order chi connectivity index (χ1) is 14.6. The average Bonchev–Trinajstić information content (AvgIpc) is 3.18. The van der Waals surface area contributed by atoms with Gasteiger partial charge in [-0.1, -0.05) is 54.6 Å². The molecule has 6 heteroatoms. The Bertz CT molecular complexity index is 1060. The second-order valence-corrected chi connectivity index (χ2v) is 7.22. The summed E-state index contributed by atoms with van der Waals surface area (Å²) >= 11 is 0. The quantitative estimate of drug-likeness (QED) is 0.672. The first-order valence-corrected chi connectivity index (χ1v) is 9.86. The highest BCUT2D eigenvalue weighted by Crippen LogP contribution is 2.28. The Labute approximate surface area is 174 Å². The van der Waals surface area contributed by atoms with Crippen molar-refractivity contribution in [2.45, 2.75) is 18.9 Å². The number of rotatable bonds is 5.